The Morgan fingerprint density at radius 3 is 2.07 bits per heavy atom. The van der Waals surface area contributed by atoms with Gasteiger partial charge in [0.25, 0.3) is 5.91 Å². The first-order valence-corrected chi connectivity index (χ1v) is 9.06. The monoisotopic (exact) mass is 379 g/mol. The van der Waals surface area contributed by atoms with E-state index in [-0.39, 0.29) is 11.8 Å². The lowest BCUT2D eigenvalue weighted by Gasteiger charge is -2.15. The fraction of sp³-hybridized carbons (Fsp3) is 0.286. The highest BCUT2D eigenvalue weighted by molar-refractivity contribution is 6.06. The lowest BCUT2D eigenvalue weighted by Crippen LogP contribution is -2.17. The minimum absolute atomic E-state index is 0.125. The summed E-state index contributed by atoms with van der Waals surface area (Å²) in [5.41, 5.74) is 5.76. The van der Waals surface area contributed by atoms with Crippen molar-refractivity contribution in [3.63, 3.8) is 0 Å². The summed E-state index contributed by atoms with van der Waals surface area (Å²) in [5.74, 6) is 0.364. The van der Waals surface area contributed by atoms with E-state index in [1.54, 1.807) is 10.9 Å². The second-order valence-corrected chi connectivity index (χ2v) is 7.08. The standard InChI is InChI=1S/C21H25N5O2/c1-12-9-17(10-13(2)19(12)23-16(5)27)24-20(28)18-11-22-25(6)21(18)26-14(3)7-8-15(26)4/h7-11H,1-6H3,(H,23,27)(H,24,28). The first-order valence-electron chi connectivity index (χ1n) is 9.06. The number of anilines is 2. The molecular formula is C21H25N5O2. The van der Waals surface area contributed by atoms with E-state index in [1.165, 1.54) is 6.92 Å². The van der Waals surface area contributed by atoms with Crippen molar-refractivity contribution >= 4 is 23.2 Å². The Labute approximate surface area is 164 Å². The summed E-state index contributed by atoms with van der Waals surface area (Å²) >= 11 is 0. The number of aromatic nitrogens is 3. The molecule has 7 nitrogen and oxygen atoms in total. The molecule has 2 amide bonds. The molecule has 0 spiro atoms. The van der Waals surface area contributed by atoms with Crippen LogP contribution in [0.25, 0.3) is 5.82 Å². The Morgan fingerprint density at radius 1 is 0.964 bits per heavy atom. The number of hydrogen-bond donors (Lipinski definition) is 2. The van der Waals surface area contributed by atoms with Crippen LogP contribution < -0.4 is 10.6 Å². The van der Waals surface area contributed by atoms with Crippen molar-refractivity contribution in [2.75, 3.05) is 10.6 Å². The van der Waals surface area contributed by atoms with Crippen molar-refractivity contribution in [1.29, 1.82) is 0 Å². The quantitative estimate of drug-likeness (QED) is 0.726. The molecule has 3 aromatic rings. The van der Waals surface area contributed by atoms with E-state index < -0.39 is 0 Å². The molecule has 2 heterocycles. The van der Waals surface area contributed by atoms with Crippen LogP contribution in [0, 0.1) is 27.7 Å². The third-order valence-corrected chi connectivity index (χ3v) is 4.73. The number of nitrogens with zero attached hydrogens (tertiary/aromatic N) is 3. The molecule has 0 saturated heterocycles. The molecule has 0 aliphatic rings. The first-order chi connectivity index (χ1) is 13.2. The maximum atomic E-state index is 13.0. The second kappa shape index (κ2) is 7.34. The van der Waals surface area contributed by atoms with Gasteiger partial charge in [-0.1, -0.05) is 0 Å². The summed E-state index contributed by atoms with van der Waals surface area (Å²) in [5, 5.41) is 10.1. The molecule has 0 bridgehead atoms. The van der Waals surface area contributed by atoms with Crippen molar-refractivity contribution in [3.05, 3.63) is 58.5 Å². The van der Waals surface area contributed by atoms with Gasteiger partial charge in [-0.2, -0.15) is 5.10 Å². The van der Waals surface area contributed by atoms with Gasteiger partial charge in [0.1, 0.15) is 11.4 Å². The smallest absolute Gasteiger partial charge is 0.261 e. The van der Waals surface area contributed by atoms with E-state index in [0.29, 0.717) is 11.3 Å². The Kier molecular flexibility index (Phi) is 5.09. The summed E-state index contributed by atoms with van der Waals surface area (Å²) in [6, 6.07) is 7.71. The molecule has 28 heavy (non-hydrogen) atoms. The van der Waals surface area contributed by atoms with Gasteiger partial charge in [0.2, 0.25) is 5.91 Å². The maximum Gasteiger partial charge on any atom is 0.261 e. The predicted octanol–water partition coefficient (Wildman–Crippen LogP) is 3.66. The van der Waals surface area contributed by atoms with Crippen LogP contribution in [0.5, 0.6) is 0 Å². The summed E-state index contributed by atoms with van der Waals surface area (Å²) < 4.78 is 3.71. The Bertz CT molecular complexity index is 1030. The third-order valence-electron chi connectivity index (χ3n) is 4.73. The Hall–Kier alpha value is -3.35. The summed E-state index contributed by atoms with van der Waals surface area (Å²) in [4.78, 5) is 24.4. The van der Waals surface area contributed by atoms with Gasteiger partial charge in [0.15, 0.2) is 0 Å². The number of carbonyl (C=O) groups is 2. The lowest BCUT2D eigenvalue weighted by atomic mass is 10.1. The van der Waals surface area contributed by atoms with Gasteiger partial charge in [-0.25, -0.2) is 0 Å². The van der Waals surface area contributed by atoms with Crippen LogP contribution in [0.4, 0.5) is 11.4 Å². The minimum Gasteiger partial charge on any atom is -0.326 e. The van der Waals surface area contributed by atoms with Crippen LogP contribution in [-0.2, 0) is 11.8 Å². The van der Waals surface area contributed by atoms with Crippen molar-refractivity contribution in [3.8, 4) is 5.82 Å². The maximum absolute atomic E-state index is 13.0. The summed E-state index contributed by atoms with van der Waals surface area (Å²) in [6.45, 7) is 9.26. The average molecular weight is 379 g/mol. The van der Waals surface area contributed by atoms with Crippen LogP contribution in [0.3, 0.4) is 0 Å². The predicted molar refractivity (Wildman–Crippen MR) is 110 cm³/mol. The van der Waals surface area contributed by atoms with E-state index in [0.717, 1.165) is 34.0 Å². The molecule has 0 aliphatic heterocycles. The second-order valence-electron chi connectivity index (χ2n) is 7.08. The van der Waals surface area contributed by atoms with E-state index in [9.17, 15) is 9.59 Å². The molecule has 1 aromatic carbocycles. The molecule has 2 aromatic heterocycles. The minimum atomic E-state index is -0.235. The van der Waals surface area contributed by atoms with Gasteiger partial charge in [-0.05, 0) is 63.1 Å². The number of rotatable bonds is 4. The number of aryl methyl sites for hydroxylation is 5. The molecule has 0 unspecified atom stereocenters. The zero-order chi connectivity index (χ0) is 20.6. The molecule has 0 aliphatic carbocycles. The molecular weight excluding hydrogens is 354 g/mol. The molecule has 0 fully saturated rings. The van der Waals surface area contributed by atoms with Crippen LogP contribution in [0.15, 0.2) is 30.5 Å². The summed E-state index contributed by atoms with van der Waals surface area (Å²) in [7, 11) is 1.82. The average Bonchev–Trinajstić information content (AvgIpc) is 3.13. The summed E-state index contributed by atoms with van der Waals surface area (Å²) in [6.07, 6.45) is 1.58. The largest absolute Gasteiger partial charge is 0.326 e. The van der Waals surface area contributed by atoms with Gasteiger partial charge in [0.05, 0.1) is 6.20 Å². The van der Waals surface area contributed by atoms with E-state index >= 15 is 0 Å². The molecule has 146 valence electrons. The molecule has 2 N–H and O–H groups in total. The van der Waals surface area contributed by atoms with Crippen LogP contribution >= 0.6 is 0 Å². The van der Waals surface area contributed by atoms with Crippen LogP contribution in [-0.4, -0.2) is 26.2 Å². The lowest BCUT2D eigenvalue weighted by molar-refractivity contribution is -0.114. The van der Waals surface area contributed by atoms with Crippen molar-refractivity contribution in [2.24, 2.45) is 7.05 Å². The SMILES string of the molecule is CC(=O)Nc1c(C)cc(NC(=O)c2cnn(C)c2-n2c(C)ccc2C)cc1C. The third kappa shape index (κ3) is 3.55. The molecule has 3 rings (SSSR count). The number of hydrogen-bond acceptors (Lipinski definition) is 3. The number of nitrogens with one attached hydrogen (secondary N) is 2. The molecule has 7 heteroatoms. The fourth-order valence-electron chi connectivity index (χ4n) is 3.47. The van der Waals surface area contributed by atoms with Gasteiger partial charge in [0, 0.05) is 36.7 Å². The molecule has 0 radical (unpaired) electrons. The fourth-order valence-corrected chi connectivity index (χ4v) is 3.47. The van der Waals surface area contributed by atoms with Crippen molar-refractivity contribution in [2.45, 2.75) is 34.6 Å². The highest BCUT2D eigenvalue weighted by Gasteiger charge is 2.20. The van der Waals surface area contributed by atoms with Gasteiger partial charge in [-0.3, -0.25) is 14.3 Å². The highest BCUT2D eigenvalue weighted by atomic mass is 16.2. The van der Waals surface area contributed by atoms with E-state index in [4.69, 9.17) is 0 Å². The van der Waals surface area contributed by atoms with Crippen molar-refractivity contribution < 1.29 is 9.59 Å². The highest BCUT2D eigenvalue weighted by Crippen LogP contribution is 2.26. The Balaban J connectivity index is 1.94. The Morgan fingerprint density at radius 2 is 1.54 bits per heavy atom. The number of carbonyl (C=O) groups excluding carboxylic acids is 2. The number of amides is 2. The van der Waals surface area contributed by atoms with Gasteiger partial charge < -0.3 is 15.2 Å². The number of benzene rings is 1. The zero-order valence-electron chi connectivity index (χ0n) is 17.0. The van der Waals surface area contributed by atoms with Crippen LogP contribution in [0.2, 0.25) is 0 Å². The van der Waals surface area contributed by atoms with Gasteiger partial charge >= 0.3 is 0 Å². The van der Waals surface area contributed by atoms with Gasteiger partial charge in [-0.15, -0.1) is 0 Å². The molecule has 0 atom stereocenters. The van der Waals surface area contributed by atoms with Crippen molar-refractivity contribution in [1.82, 2.24) is 14.3 Å². The molecule has 0 saturated carbocycles. The van der Waals surface area contributed by atoms with E-state index in [1.807, 2.05) is 63.6 Å². The topological polar surface area (TPSA) is 81.0 Å². The normalized spacial score (nSPS) is 10.8. The van der Waals surface area contributed by atoms with E-state index in [2.05, 4.69) is 15.7 Å². The first kappa shape index (κ1) is 19.4. The zero-order valence-corrected chi connectivity index (χ0v) is 17.0. The van der Waals surface area contributed by atoms with Crippen LogP contribution in [0.1, 0.15) is 39.8 Å².